The summed E-state index contributed by atoms with van der Waals surface area (Å²) in [5.74, 6) is 0.305. The second-order valence-corrected chi connectivity index (χ2v) is 6.15. The van der Waals surface area contributed by atoms with Gasteiger partial charge in [0.15, 0.2) is 0 Å². The van der Waals surface area contributed by atoms with E-state index in [2.05, 4.69) is 15.9 Å². The maximum atomic E-state index is 13.1. The summed E-state index contributed by atoms with van der Waals surface area (Å²) in [6, 6.07) is 16.2. The van der Waals surface area contributed by atoms with Crippen molar-refractivity contribution in [3.63, 3.8) is 0 Å². The molecule has 1 heterocycles. The van der Waals surface area contributed by atoms with Gasteiger partial charge >= 0.3 is 0 Å². The van der Waals surface area contributed by atoms with Crippen molar-refractivity contribution in [2.24, 2.45) is 0 Å². The van der Waals surface area contributed by atoms with Gasteiger partial charge in [0.2, 0.25) is 0 Å². The number of anilines is 1. The van der Waals surface area contributed by atoms with Crippen LogP contribution < -0.4 is 9.64 Å². The number of rotatable bonds is 5. The van der Waals surface area contributed by atoms with Crippen LogP contribution in [0, 0.1) is 17.1 Å². The minimum absolute atomic E-state index is 0.273. The van der Waals surface area contributed by atoms with Crippen molar-refractivity contribution in [2.75, 3.05) is 44.2 Å². The highest BCUT2D eigenvalue weighted by Crippen LogP contribution is 2.17. The van der Waals surface area contributed by atoms with E-state index in [4.69, 9.17) is 10.00 Å². The van der Waals surface area contributed by atoms with Gasteiger partial charge in [0.1, 0.15) is 18.2 Å². The van der Waals surface area contributed by atoms with E-state index in [0.717, 1.165) is 44.8 Å². The molecule has 4 nitrogen and oxygen atoms in total. The highest BCUT2D eigenvalue weighted by molar-refractivity contribution is 5.49. The van der Waals surface area contributed by atoms with Crippen molar-refractivity contribution in [3.05, 3.63) is 59.9 Å². The monoisotopic (exact) mass is 339 g/mol. The Kier molecular flexibility index (Phi) is 5.86. The lowest BCUT2D eigenvalue weighted by atomic mass is 10.2. The molecule has 0 amide bonds. The second kappa shape index (κ2) is 8.50. The van der Waals surface area contributed by atoms with E-state index >= 15 is 0 Å². The molecule has 1 aliphatic heterocycles. The number of nitrogens with zero attached hydrogens (tertiary/aromatic N) is 3. The highest BCUT2D eigenvalue weighted by Gasteiger charge is 2.15. The van der Waals surface area contributed by atoms with Gasteiger partial charge < -0.3 is 9.64 Å². The van der Waals surface area contributed by atoms with Crippen LogP contribution >= 0.6 is 0 Å². The third-order valence-electron chi connectivity index (χ3n) is 4.42. The lowest BCUT2D eigenvalue weighted by molar-refractivity contribution is 0.217. The average molecular weight is 339 g/mol. The molecule has 0 radical (unpaired) electrons. The Morgan fingerprint density at radius 3 is 2.64 bits per heavy atom. The van der Waals surface area contributed by atoms with Crippen LogP contribution in [0.1, 0.15) is 12.0 Å². The van der Waals surface area contributed by atoms with Crippen LogP contribution in [0.4, 0.5) is 10.1 Å². The Bertz CT molecular complexity index is 726. The maximum Gasteiger partial charge on any atom is 0.126 e. The van der Waals surface area contributed by atoms with Gasteiger partial charge in [-0.15, -0.1) is 0 Å². The molecule has 0 unspecified atom stereocenters. The van der Waals surface area contributed by atoms with E-state index in [1.54, 1.807) is 12.1 Å². The molecule has 1 saturated heterocycles. The zero-order valence-electron chi connectivity index (χ0n) is 14.2. The van der Waals surface area contributed by atoms with Crippen molar-refractivity contribution in [1.29, 1.82) is 5.26 Å². The Morgan fingerprint density at radius 2 is 1.88 bits per heavy atom. The molecule has 3 rings (SSSR count). The molecule has 0 aliphatic carbocycles. The molecule has 0 aromatic heterocycles. The summed E-state index contributed by atoms with van der Waals surface area (Å²) in [6.07, 6.45) is 1.08. The number of nitriles is 1. The lowest BCUT2D eigenvalue weighted by Crippen LogP contribution is -2.33. The van der Waals surface area contributed by atoms with Gasteiger partial charge in [-0.2, -0.15) is 5.26 Å². The maximum absolute atomic E-state index is 13.1. The summed E-state index contributed by atoms with van der Waals surface area (Å²) in [4.78, 5) is 4.73. The van der Waals surface area contributed by atoms with E-state index < -0.39 is 0 Å². The van der Waals surface area contributed by atoms with Crippen molar-refractivity contribution >= 4 is 5.69 Å². The predicted octanol–water partition coefficient (Wildman–Crippen LogP) is 3.29. The number of ether oxygens (including phenoxy) is 1. The fraction of sp³-hybridized carbons (Fsp3) is 0.350. The largest absolute Gasteiger partial charge is 0.492 e. The molecule has 130 valence electrons. The van der Waals surface area contributed by atoms with Crippen LogP contribution in [0.2, 0.25) is 0 Å². The Hall–Kier alpha value is -2.58. The molecule has 0 saturated carbocycles. The van der Waals surface area contributed by atoms with Gasteiger partial charge in [-0.3, -0.25) is 4.90 Å². The highest BCUT2D eigenvalue weighted by atomic mass is 19.1. The Morgan fingerprint density at radius 1 is 1.04 bits per heavy atom. The topological polar surface area (TPSA) is 39.5 Å². The van der Waals surface area contributed by atoms with E-state index in [9.17, 15) is 4.39 Å². The molecule has 0 N–H and O–H groups in total. The average Bonchev–Trinajstić information content (AvgIpc) is 2.88. The summed E-state index contributed by atoms with van der Waals surface area (Å²) in [6.45, 7) is 5.34. The summed E-state index contributed by atoms with van der Waals surface area (Å²) in [7, 11) is 0. The molecule has 0 atom stereocenters. The zero-order valence-corrected chi connectivity index (χ0v) is 14.2. The third-order valence-corrected chi connectivity index (χ3v) is 4.42. The molecule has 0 spiro atoms. The Labute approximate surface area is 148 Å². The molecule has 2 aromatic rings. The van der Waals surface area contributed by atoms with Crippen LogP contribution in [-0.4, -0.2) is 44.2 Å². The van der Waals surface area contributed by atoms with E-state index in [1.807, 2.05) is 24.3 Å². The van der Waals surface area contributed by atoms with Crippen LogP contribution in [-0.2, 0) is 0 Å². The second-order valence-electron chi connectivity index (χ2n) is 6.15. The predicted molar refractivity (Wildman–Crippen MR) is 96.3 cm³/mol. The van der Waals surface area contributed by atoms with Crippen molar-refractivity contribution in [3.8, 4) is 11.8 Å². The van der Waals surface area contributed by atoms with Gasteiger partial charge in [0.05, 0.1) is 11.6 Å². The number of halogens is 1. The van der Waals surface area contributed by atoms with Gasteiger partial charge in [-0.1, -0.05) is 6.07 Å². The minimum atomic E-state index is -0.273. The summed E-state index contributed by atoms with van der Waals surface area (Å²) >= 11 is 0. The van der Waals surface area contributed by atoms with Gasteiger partial charge in [0.25, 0.3) is 0 Å². The van der Waals surface area contributed by atoms with E-state index in [-0.39, 0.29) is 5.82 Å². The van der Waals surface area contributed by atoms with Crippen LogP contribution in [0.25, 0.3) is 0 Å². The summed E-state index contributed by atoms with van der Waals surface area (Å²) in [5.41, 5.74) is 1.85. The first kappa shape index (κ1) is 17.2. The zero-order chi connectivity index (χ0) is 17.5. The van der Waals surface area contributed by atoms with Crippen molar-refractivity contribution in [1.82, 2.24) is 4.90 Å². The third kappa shape index (κ3) is 4.94. The summed E-state index contributed by atoms with van der Waals surface area (Å²) in [5, 5.41) is 8.90. The normalized spacial score (nSPS) is 15.4. The quantitative estimate of drug-likeness (QED) is 0.838. The van der Waals surface area contributed by atoms with Crippen LogP contribution in [0.3, 0.4) is 0 Å². The fourth-order valence-corrected chi connectivity index (χ4v) is 3.05. The van der Waals surface area contributed by atoms with Crippen LogP contribution in [0.15, 0.2) is 48.5 Å². The van der Waals surface area contributed by atoms with E-state index in [0.29, 0.717) is 17.9 Å². The minimum Gasteiger partial charge on any atom is -0.492 e. The molecular weight excluding hydrogens is 317 g/mol. The smallest absolute Gasteiger partial charge is 0.126 e. The molecule has 1 fully saturated rings. The van der Waals surface area contributed by atoms with Gasteiger partial charge in [-0.25, -0.2) is 4.39 Å². The molecule has 1 aliphatic rings. The molecule has 0 bridgehead atoms. The Balaban J connectivity index is 1.47. The fourth-order valence-electron chi connectivity index (χ4n) is 3.05. The first-order valence-corrected chi connectivity index (χ1v) is 8.60. The van der Waals surface area contributed by atoms with Crippen molar-refractivity contribution < 1.29 is 9.13 Å². The first-order valence-electron chi connectivity index (χ1n) is 8.60. The number of benzene rings is 2. The molecule has 2 aromatic carbocycles. The van der Waals surface area contributed by atoms with Crippen LogP contribution in [0.5, 0.6) is 5.75 Å². The van der Waals surface area contributed by atoms with E-state index in [1.165, 1.54) is 12.1 Å². The number of hydrogen-bond acceptors (Lipinski definition) is 4. The lowest BCUT2D eigenvalue weighted by Gasteiger charge is -2.23. The molecule has 5 heteroatoms. The molecule has 25 heavy (non-hydrogen) atoms. The van der Waals surface area contributed by atoms with Gasteiger partial charge in [-0.05, 0) is 42.8 Å². The standard InChI is InChI=1S/C20H22FN3O/c21-18-3-1-4-20(15-18)25-14-13-23-9-2-10-24(12-11-23)19-7-5-17(16-22)6-8-19/h1,3-8,15H,2,9-14H2. The SMILES string of the molecule is N#Cc1ccc(N2CCCN(CCOc3cccc(F)c3)CC2)cc1. The molecular formula is C20H22FN3O. The van der Waals surface area contributed by atoms with Crippen molar-refractivity contribution in [2.45, 2.75) is 6.42 Å². The summed E-state index contributed by atoms with van der Waals surface area (Å²) < 4.78 is 18.8. The first-order chi connectivity index (χ1) is 12.2. The number of hydrogen-bond donors (Lipinski definition) is 0. The van der Waals surface area contributed by atoms with Gasteiger partial charge in [0, 0.05) is 44.5 Å².